The Bertz CT molecular complexity index is 781. The second-order valence-electron chi connectivity index (χ2n) is 5.29. The summed E-state index contributed by atoms with van der Waals surface area (Å²) in [5.74, 6) is -13.2. The molecule has 1 aromatic carbocycles. The molecule has 0 fully saturated rings. The number of carboxylic acid groups (broad SMARTS) is 3. The normalized spacial score (nSPS) is 20.2. The summed E-state index contributed by atoms with van der Waals surface area (Å²) in [6.07, 6.45) is -3.16. The molecule has 1 aliphatic heterocycles. The lowest BCUT2D eigenvalue weighted by atomic mass is 9.76. The van der Waals surface area contributed by atoms with Gasteiger partial charge >= 0.3 is 23.9 Å². The highest BCUT2D eigenvalue weighted by Crippen LogP contribution is 2.49. The third-order valence-corrected chi connectivity index (χ3v) is 3.80. The van der Waals surface area contributed by atoms with Gasteiger partial charge in [0.05, 0.1) is 23.8 Å². The molecule has 0 saturated carbocycles. The van der Waals surface area contributed by atoms with Crippen LogP contribution in [0.1, 0.15) is 28.3 Å². The van der Waals surface area contributed by atoms with Crippen LogP contribution < -0.4 is 0 Å². The maximum atomic E-state index is 11.9. The third-order valence-electron chi connectivity index (χ3n) is 3.80. The zero-order valence-electron chi connectivity index (χ0n) is 12.2. The second kappa shape index (κ2) is 6.19. The molecule has 3 unspecified atom stereocenters. The first-order valence-electron chi connectivity index (χ1n) is 6.72. The summed E-state index contributed by atoms with van der Waals surface area (Å²) in [6.45, 7) is 0. The fraction of sp³-hybridized carbons (Fsp3) is 0.286. The van der Waals surface area contributed by atoms with Crippen molar-refractivity contribution in [2.45, 2.75) is 18.4 Å². The Morgan fingerprint density at radius 2 is 1.68 bits per heavy atom. The van der Waals surface area contributed by atoms with E-state index in [2.05, 4.69) is 4.74 Å². The Labute approximate surface area is 138 Å². The van der Waals surface area contributed by atoms with Gasteiger partial charge in [-0.1, -0.05) is 0 Å². The van der Waals surface area contributed by atoms with Crippen molar-refractivity contribution in [3.63, 3.8) is 0 Å². The Kier molecular flexibility index (Phi) is 4.42. The highest BCUT2D eigenvalue weighted by Gasteiger charge is 2.49. The number of aliphatic carboxylic acids is 3. The van der Waals surface area contributed by atoms with Gasteiger partial charge in [0.15, 0.2) is 11.5 Å². The van der Waals surface area contributed by atoms with Crippen molar-refractivity contribution < 1.29 is 54.6 Å². The maximum absolute atomic E-state index is 11.9. The summed E-state index contributed by atoms with van der Waals surface area (Å²) in [4.78, 5) is 45.7. The summed E-state index contributed by atoms with van der Waals surface area (Å²) < 4.78 is 4.65. The van der Waals surface area contributed by atoms with Crippen molar-refractivity contribution in [1.82, 2.24) is 0 Å². The smallest absolute Gasteiger partial charge is 0.345 e. The number of aromatic hydroxyl groups is 3. The number of cyclic esters (lactones) is 1. The van der Waals surface area contributed by atoms with Crippen molar-refractivity contribution in [2.24, 2.45) is 5.92 Å². The van der Waals surface area contributed by atoms with Gasteiger partial charge in [-0.15, -0.1) is 0 Å². The molecule has 0 aromatic heterocycles. The first-order chi connectivity index (χ1) is 11.6. The fourth-order valence-electron chi connectivity index (χ4n) is 2.74. The van der Waals surface area contributed by atoms with E-state index < -0.39 is 76.6 Å². The van der Waals surface area contributed by atoms with Gasteiger partial charge in [-0.05, 0) is 6.07 Å². The molecule has 1 aromatic rings. The van der Waals surface area contributed by atoms with Crippen LogP contribution in [0.5, 0.6) is 17.2 Å². The SMILES string of the molecule is O=C(O)CC(C(=O)O)C1c2c(cc(O)c(O)c2O)C(=O)OC1C(=O)O. The Morgan fingerprint density at radius 3 is 2.16 bits per heavy atom. The Hall–Kier alpha value is -3.50. The molecule has 0 bridgehead atoms. The standard InChI is InChI=1S/C14H12O11/c15-5-1-4-7(10(19)9(5)18)8(3(12(20)21)2-6(16)17)11(13(22)23)25-14(4)24/h1,3,8,11,15,18-19H,2H2,(H,16,17)(H,20,21)(H,22,23). The maximum Gasteiger partial charge on any atom is 0.345 e. The van der Waals surface area contributed by atoms with E-state index in [1.54, 1.807) is 0 Å². The number of esters is 1. The number of ether oxygens (including phenoxy) is 1. The van der Waals surface area contributed by atoms with Crippen LogP contribution in [0.4, 0.5) is 0 Å². The van der Waals surface area contributed by atoms with E-state index in [0.717, 1.165) is 0 Å². The summed E-state index contributed by atoms with van der Waals surface area (Å²) in [7, 11) is 0. The third kappa shape index (κ3) is 2.98. The van der Waals surface area contributed by atoms with Crippen LogP contribution in [0.15, 0.2) is 6.07 Å². The van der Waals surface area contributed by atoms with Gasteiger partial charge < -0.3 is 35.4 Å². The van der Waals surface area contributed by atoms with Crippen LogP contribution in [0.3, 0.4) is 0 Å². The molecule has 25 heavy (non-hydrogen) atoms. The molecule has 0 radical (unpaired) electrons. The minimum absolute atomic E-state index is 0.577. The van der Waals surface area contributed by atoms with Gasteiger partial charge in [-0.2, -0.15) is 0 Å². The van der Waals surface area contributed by atoms with E-state index in [4.69, 9.17) is 5.11 Å². The highest BCUT2D eigenvalue weighted by molar-refractivity contribution is 5.98. The fourth-order valence-corrected chi connectivity index (χ4v) is 2.74. The van der Waals surface area contributed by atoms with E-state index >= 15 is 0 Å². The highest BCUT2D eigenvalue weighted by atomic mass is 16.6. The second-order valence-corrected chi connectivity index (χ2v) is 5.29. The van der Waals surface area contributed by atoms with Crippen LogP contribution in [0.25, 0.3) is 0 Å². The van der Waals surface area contributed by atoms with Gasteiger partial charge in [0.25, 0.3) is 0 Å². The largest absolute Gasteiger partial charge is 0.504 e. The minimum atomic E-state index is -2.12. The van der Waals surface area contributed by atoms with Crippen molar-refractivity contribution in [2.75, 3.05) is 0 Å². The lowest BCUT2D eigenvalue weighted by Crippen LogP contribution is -2.44. The molecule has 0 amide bonds. The number of carbonyl (C=O) groups is 4. The first kappa shape index (κ1) is 17.8. The summed E-state index contributed by atoms with van der Waals surface area (Å²) in [6, 6.07) is 0.664. The van der Waals surface area contributed by atoms with Crippen LogP contribution >= 0.6 is 0 Å². The molecule has 11 nitrogen and oxygen atoms in total. The molecule has 1 aliphatic rings. The van der Waals surface area contributed by atoms with Crippen LogP contribution in [-0.2, 0) is 19.1 Å². The van der Waals surface area contributed by atoms with Crippen molar-refractivity contribution in [3.05, 3.63) is 17.2 Å². The van der Waals surface area contributed by atoms with E-state index in [0.29, 0.717) is 6.07 Å². The summed E-state index contributed by atoms with van der Waals surface area (Å²) in [5, 5.41) is 56.5. The van der Waals surface area contributed by atoms with Gasteiger partial charge in [0.1, 0.15) is 0 Å². The number of phenolic OH excluding ortho intramolecular Hbond substituents is 3. The molecule has 6 N–H and O–H groups in total. The topological polar surface area (TPSA) is 199 Å². The zero-order chi connectivity index (χ0) is 19.0. The first-order valence-corrected chi connectivity index (χ1v) is 6.72. The number of hydrogen-bond acceptors (Lipinski definition) is 8. The summed E-state index contributed by atoms with van der Waals surface area (Å²) in [5.41, 5.74) is -1.19. The minimum Gasteiger partial charge on any atom is -0.504 e. The van der Waals surface area contributed by atoms with E-state index in [1.807, 2.05) is 0 Å². The predicted octanol–water partition coefficient (Wildman–Crippen LogP) is -0.314. The number of carboxylic acids is 3. The van der Waals surface area contributed by atoms with E-state index in [9.17, 15) is 44.7 Å². The van der Waals surface area contributed by atoms with Crippen LogP contribution in [0, 0.1) is 5.92 Å². The Morgan fingerprint density at radius 1 is 1.08 bits per heavy atom. The molecular weight excluding hydrogens is 344 g/mol. The Balaban J connectivity index is 2.78. The van der Waals surface area contributed by atoms with Crippen LogP contribution in [0.2, 0.25) is 0 Å². The predicted molar refractivity (Wildman–Crippen MR) is 74.4 cm³/mol. The number of rotatable bonds is 5. The van der Waals surface area contributed by atoms with Gasteiger partial charge in [-0.3, -0.25) is 9.59 Å². The number of phenols is 3. The molecular formula is C14H12O11. The molecule has 134 valence electrons. The monoisotopic (exact) mass is 356 g/mol. The van der Waals surface area contributed by atoms with Crippen molar-refractivity contribution >= 4 is 23.9 Å². The zero-order valence-corrected chi connectivity index (χ0v) is 12.2. The lowest BCUT2D eigenvalue weighted by molar-refractivity contribution is -0.156. The average molecular weight is 356 g/mol. The molecule has 0 aliphatic carbocycles. The number of hydrogen-bond donors (Lipinski definition) is 6. The van der Waals surface area contributed by atoms with Gasteiger partial charge in [0.2, 0.25) is 11.9 Å². The molecule has 2 rings (SSSR count). The van der Waals surface area contributed by atoms with Crippen molar-refractivity contribution in [1.29, 1.82) is 0 Å². The molecule has 1 heterocycles. The average Bonchev–Trinajstić information content (AvgIpc) is 2.50. The van der Waals surface area contributed by atoms with E-state index in [-0.39, 0.29) is 0 Å². The summed E-state index contributed by atoms with van der Waals surface area (Å²) >= 11 is 0. The van der Waals surface area contributed by atoms with Crippen molar-refractivity contribution in [3.8, 4) is 17.2 Å². The lowest BCUT2D eigenvalue weighted by Gasteiger charge is -2.34. The van der Waals surface area contributed by atoms with Crippen LogP contribution in [-0.4, -0.2) is 60.6 Å². The molecule has 3 atom stereocenters. The molecule has 0 spiro atoms. The van der Waals surface area contributed by atoms with Gasteiger partial charge in [-0.25, -0.2) is 9.59 Å². The molecule has 11 heteroatoms. The van der Waals surface area contributed by atoms with Gasteiger partial charge in [0, 0.05) is 5.56 Å². The number of fused-ring (bicyclic) bond motifs is 1. The number of carbonyl (C=O) groups excluding carboxylic acids is 1. The number of benzene rings is 1. The van der Waals surface area contributed by atoms with E-state index in [1.165, 1.54) is 0 Å². The molecule has 0 saturated heterocycles. The quantitative estimate of drug-likeness (QED) is 0.298.